The molecule has 0 aliphatic rings. The number of rotatable bonds is 2. The zero-order valence-electron chi connectivity index (χ0n) is 7.50. The standard InChI is InChI=1S/C8H6ClF2NO3/c1-15-8(14)6-5(9)4(7(10)11)3(13)2-12-6/h2,7,13H,1H3. The first-order valence-electron chi connectivity index (χ1n) is 3.72. The monoisotopic (exact) mass is 237 g/mol. The number of esters is 1. The minimum absolute atomic E-state index is 0.452. The van der Waals surface area contributed by atoms with Crippen LogP contribution in [0.5, 0.6) is 5.75 Å². The molecule has 0 saturated heterocycles. The lowest BCUT2D eigenvalue weighted by Crippen LogP contribution is -2.07. The molecule has 4 nitrogen and oxygen atoms in total. The average molecular weight is 238 g/mol. The van der Waals surface area contributed by atoms with E-state index in [9.17, 15) is 13.6 Å². The van der Waals surface area contributed by atoms with Crippen LogP contribution in [0.25, 0.3) is 0 Å². The van der Waals surface area contributed by atoms with Crippen LogP contribution >= 0.6 is 11.6 Å². The Kier molecular flexibility index (Phi) is 3.41. The molecule has 0 amide bonds. The van der Waals surface area contributed by atoms with Gasteiger partial charge in [0.05, 0.1) is 23.9 Å². The number of ether oxygens (including phenoxy) is 1. The Labute approximate surface area is 88.4 Å². The van der Waals surface area contributed by atoms with Gasteiger partial charge in [-0.2, -0.15) is 0 Å². The molecule has 0 unspecified atom stereocenters. The van der Waals surface area contributed by atoms with E-state index in [1.165, 1.54) is 0 Å². The lowest BCUT2D eigenvalue weighted by atomic mass is 10.2. The van der Waals surface area contributed by atoms with Gasteiger partial charge in [-0.1, -0.05) is 11.6 Å². The van der Waals surface area contributed by atoms with Crippen LogP contribution in [0, 0.1) is 0 Å². The van der Waals surface area contributed by atoms with Crippen LogP contribution in [-0.4, -0.2) is 23.2 Å². The summed E-state index contributed by atoms with van der Waals surface area (Å²) in [5.41, 5.74) is -1.28. The summed E-state index contributed by atoms with van der Waals surface area (Å²) >= 11 is 5.48. The Morgan fingerprint density at radius 1 is 1.67 bits per heavy atom. The molecular weight excluding hydrogens is 232 g/mol. The molecule has 0 spiro atoms. The van der Waals surface area contributed by atoms with Gasteiger partial charge in [-0.05, 0) is 0 Å². The summed E-state index contributed by atoms with van der Waals surface area (Å²) in [4.78, 5) is 14.4. The van der Waals surface area contributed by atoms with E-state index in [2.05, 4.69) is 9.72 Å². The smallest absolute Gasteiger partial charge is 0.358 e. The summed E-state index contributed by atoms with van der Waals surface area (Å²) in [6.45, 7) is 0. The first-order valence-corrected chi connectivity index (χ1v) is 4.10. The molecule has 0 aliphatic heterocycles. The van der Waals surface area contributed by atoms with Gasteiger partial charge in [-0.3, -0.25) is 0 Å². The summed E-state index contributed by atoms with van der Waals surface area (Å²) in [6.07, 6.45) is -2.27. The molecule has 1 heterocycles. The second-order valence-electron chi connectivity index (χ2n) is 2.51. The van der Waals surface area contributed by atoms with Gasteiger partial charge in [0, 0.05) is 0 Å². The number of aromatic hydroxyl groups is 1. The molecule has 1 aromatic rings. The lowest BCUT2D eigenvalue weighted by Gasteiger charge is -2.08. The van der Waals surface area contributed by atoms with Gasteiger partial charge >= 0.3 is 5.97 Å². The Morgan fingerprint density at radius 2 is 2.27 bits per heavy atom. The molecule has 1 aromatic heterocycles. The maximum atomic E-state index is 12.4. The number of methoxy groups -OCH3 is 1. The number of hydrogen-bond donors (Lipinski definition) is 1. The van der Waals surface area contributed by atoms with Gasteiger partial charge in [0.15, 0.2) is 5.69 Å². The fourth-order valence-corrected chi connectivity index (χ4v) is 1.24. The number of alkyl halides is 2. The zero-order valence-corrected chi connectivity index (χ0v) is 8.26. The average Bonchev–Trinajstić information content (AvgIpc) is 2.16. The SMILES string of the molecule is COC(=O)c1ncc(O)c(C(F)F)c1Cl. The van der Waals surface area contributed by atoms with Crippen LogP contribution in [0.15, 0.2) is 6.20 Å². The number of pyridine rings is 1. The van der Waals surface area contributed by atoms with Crippen molar-refractivity contribution >= 4 is 17.6 Å². The topological polar surface area (TPSA) is 59.4 Å². The van der Waals surface area contributed by atoms with Gasteiger partial charge in [0.2, 0.25) is 0 Å². The first kappa shape index (κ1) is 11.6. The van der Waals surface area contributed by atoms with Crippen molar-refractivity contribution in [3.05, 3.63) is 22.5 Å². The predicted molar refractivity (Wildman–Crippen MR) is 47.2 cm³/mol. The van der Waals surface area contributed by atoms with E-state index in [1.54, 1.807) is 0 Å². The van der Waals surface area contributed by atoms with Gasteiger partial charge in [-0.15, -0.1) is 0 Å². The van der Waals surface area contributed by atoms with Crippen molar-refractivity contribution in [2.24, 2.45) is 0 Å². The second-order valence-corrected chi connectivity index (χ2v) is 2.89. The highest BCUT2D eigenvalue weighted by Gasteiger charge is 2.24. The Morgan fingerprint density at radius 3 is 2.73 bits per heavy atom. The van der Waals surface area contributed by atoms with Crippen molar-refractivity contribution in [1.82, 2.24) is 4.98 Å². The maximum Gasteiger partial charge on any atom is 0.358 e. The predicted octanol–water partition coefficient (Wildman–Crippen LogP) is 2.16. The Bertz CT molecular complexity index is 398. The highest BCUT2D eigenvalue weighted by molar-refractivity contribution is 6.34. The van der Waals surface area contributed by atoms with Gasteiger partial charge in [0.1, 0.15) is 5.75 Å². The van der Waals surface area contributed by atoms with Crippen LogP contribution in [0.2, 0.25) is 5.02 Å². The first-order chi connectivity index (χ1) is 6.99. The molecule has 0 radical (unpaired) electrons. The van der Waals surface area contributed by atoms with Crippen LogP contribution in [0.3, 0.4) is 0 Å². The fraction of sp³-hybridized carbons (Fsp3) is 0.250. The second kappa shape index (κ2) is 4.39. The zero-order chi connectivity index (χ0) is 11.6. The molecule has 1 rings (SSSR count). The van der Waals surface area contributed by atoms with E-state index >= 15 is 0 Å². The minimum atomic E-state index is -3.00. The largest absolute Gasteiger partial charge is 0.506 e. The molecule has 7 heteroatoms. The molecule has 0 atom stereocenters. The number of carbonyl (C=O) groups is 1. The summed E-state index contributed by atoms with van der Waals surface area (Å²) in [7, 11) is 1.06. The number of carbonyl (C=O) groups excluding carboxylic acids is 1. The molecule has 1 N–H and O–H groups in total. The Balaban J connectivity index is 3.35. The molecule has 0 bridgehead atoms. The van der Waals surface area contributed by atoms with E-state index in [0.717, 1.165) is 13.3 Å². The molecule has 0 aliphatic carbocycles. The minimum Gasteiger partial charge on any atom is -0.506 e. The van der Waals surface area contributed by atoms with E-state index in [1.807, 2.05) is 0 Å². The summed E-state index contributed by atoms with van der Waals surface area (Å²) < 4.78 is 29.1. The van der Waals surface area contributed by atoms with Gasteiger partial charge in [-0.25, -0.2) is 18.6 Å². The quantitative estimate of drug-likeness (QED) is 0.801. The van der Waals surface area contributed by atoms with Crippen LogP contribution < -0.4 is 0 Å². The molecular formula is C8H6ClF2NO3. The van der Waals surface area contributed by atoms with Gasteiger partial charge < -0.3 is 9.84 Å². The van der Waals surface area contributed by atoms with Crippen molar-refractivity contribution in [3.63, 3.8) is 0 Å². The Hall–Kier alpha value is -1.43. The normalized spacial score (nSPS) is 10.5. The lowest BCUT2D eigenvalue weighted by molar-refractivity contribution is 0.0593. The molecule has 0 aromatic carbocycles. The third-order valence-electron chi connectivity index (χ3n) is 1.63. The molecule has 0 fully saturated rings. The van der Waals surface area contributed by atoms with E-state index < -0.39 is 34.4 Å². The third-order valence-corrected chi connectivity index (χ3v) is 2.02. The van der Waals surface area contributed by atoms with Crippen LogP contribution in [0.1, 0.15) is 22.5 Å². The number of hydrogen-bond acceptors (Lipinski definition) is 4. The summed E-state index contributed by atoms with van der Waals surface area (Å²) in [5.74, 6) is -1.70. The molecule has 0 saturated carbocycles. The number of halogens is 3. The highest BCUT2D eigenvalue weighted by atomic mass is 35.5. The summed E-state index contributed by atoms with van der Waals surface area (Å²) in [5, 5.41) is 8.46. The number of aromatic nitrogens is 1. The van der Waals surface area contributed by atoms with Crippen molar-refractivity contribution < 1.29 is 23.4 Å². The van der Waals surface area contributed by atoms with E-state index in [-0.39, 0.29) is 0 Å². The van der Waals surface area contributed by atoms with E-state index in [4.69, 9.17) is 16.7 Å². The van der Waals surface area contributed by atoms with Crippen molar-refractivity contribution in [1.29, 1.82) is 0 Å². The van der Waals surface area contributed by atoms with Crippen LogP contribution in [0.4, 0.5) is 8.78 Å². The van der Waals surface area contributed by atoms with Crippen molar-refractivity contribution in [2.75, 3.05) is 7.11 Å². The fourth-order valence-electron chi connectivity index (χ4n) is 0.938. The van der Waals surface area contributed by atoms with Crippen LogP contribution in [-0.2, 0) is 4.74 Å². The third kappa shape index (κ3) is 2.15. The number of nitrogens with zero attached hydrogens (tertiary/aromatic N) is 1. The maximum absolute atomic E-state index is 12.4. The van der Waals surface area contributed by atoms with Crippen molar-refractivity contribution in [2.45, 2.75) is 6.43 Å². The molecule has 15 heavy (non-hydrogen) atoms. The highest BCUT2D eigenvalue weighted by Crippen LogP contribution is 2.35. The van der Waals surface area contributed by atoms with Crippen molar-refractivity contribution in [3.8, 4) is 5.75 Å². The molecule has 82 valence electrons. The van der Waals surface area contributed by atoms with E-state index in [0.29, 0.717) is 0 Å². The summed E-state index contributed by atoms with van der Waals surface area (Å²) in [6, 6.07) is 0. The van der Waals surface area contributed by atoms with Gasteiger partial charge in [0.25, 0.3) is 6.43 Å².